The largest absolute Gasteiger partial charge is 0.492 e. The summed E-state index contributed by atoms with van der Waals surface area (Å²) in [6, 6.07) is 7.02. The fourth-order valence-electron chi connectivity index (χ4n) is 1.63. The van der Waals surface area contributed by atoms with Gasteiger partial charge >= 0.3 is 6.03 Å². The molecule has 20 heavy (non-hydrogen) atoms. The number of aryl methyl sites for hydroxylation is 1. The van der Waals surface area contributed by atoms with Crippen LogP contribution in [0.25, 0.3) is 0 Å². The number of nitrogens with one attached hydrogen (secondary N) is 1. The number of rotatable bonds is 7. The van der Waals surface area contributed by atoms with E-state index >= 15 is 0 Å². The average Bonchev–Trinajstić information content (AvgIpc) is 2.36. The fraction of sp³-hybridized carbons (Fsp3) is 0.429. The Labute approximate surface area is 118 Å². The van der Waals surface area contributed by atoms with Crippen molar-refractivity contribution in [1.29, 1.82) is 0 Å². The molecule has 1 aromatic carbocycles. The van der Waals surface area contributed by atoms with E-state index in [9.17, 15) is 9.59 Å². The molecule has 0 bridgehead atoms. The summed E-state index contributed by atoms with van der Waals surface area (Å²) in [7, 11) is 1.89. The second-order valence-corrected chi connectivity index (χ2v) is 4.63. The van der Waals surface area contributed by atoms with Crippen LogP contribution in [-0.2, 0) is 4.79 Å². The van der Waals surface area contributed by atoms with Crippen LogP contribution < -0.4 is 15.8 Å². The Balaban J connectivity index is 2.18. The number of hydrogen-bond donors (Lipinski definition) is 2. The van der Waals surface area contributed by atoms with E-state index in [1.165, 1.54) is 0 Å². The predicted octanol–water partition coefficient (Wildman–Crippen LogP) is 0.891. The van der Waals surface area contributed by atoms with Crippen molar-refractivity contribution in [3.05, 3.63) is 29.8 Å². The minimum atomic E-state index is -0.819. The maximum atomic E-state index is 11.2. The van der Waals surface area contributed by atoms with E-state index in [1.54, 1.807) is 0 Å². The Bertz CT molecular complexity index is 463. The van der Waals surface area contributed by atoms with Gasteiger partial charge in [0.25, 0.3) is 0 Å². The second kappa shape index (κ2) is 8.16. The Morgan fingerprint density at radius 2 is 2.10 bits per heavy atom. The lowest BCUT2D eigenvalue weighted by molar-refractivity contribution is -0.120. The third kappa shape index (κ3) is 6.75. The van der Waals surface area contributed by atoms with Crippen molar-refractivity contribution in [2.75, 3.05) is 26.7 Å². The number of ether oxygens (including phenoxy) is 1. The van der Waals surface area contributed by atoms with Crippen molar-refractivity contribution in [2.45, 2.75) is 13.3 Å². The first kappa shape index (κ1) is 16.0. The van der Waals surface area contributed by atoms with Crippen LogP contribution in [0.1, 0.15) is 12.0 Å². The highest BCUT2D eigenvalue weighted by Crippen LogP contribution is 2.11. The van der Waals surface area contributed by atoms with Gasteiger partial charge in [-0.15, -0.1) is 0 Å². The number of urea groups is 1. The summed E-state index contributed by atoms with van der Waals surface area (Å²) >= 11 is 0. The van der Waals surface area contributed by atoms with Gasteiger partial charge in [-0.1, -0.05) is 12.1 Å². The molecule has 0 aliphatic heterocycles. The van der Waals surface area contributed by atoms with Crippen molar-refractivity contribution in [2.24, 2.45) is 5.73 Å². The quantitative estimate of drug-likeness (QED) is 0.776. The monoisotopic (exact) mass is 279 g/mol. The van der Waals surface area contributed by atoms with Crippen LogP contribution in [0.4, 0.5) is 4.79 Å². The van der Waals surface area contributed by atoms with Gasteiger partial charge in [0.05, 0.1) is 0 Å². The smallest absolute Gasteiger partial charge is 0.318 e. The molecule has 0 atom stereocenters. The van der Waals surface area contributed by atoms with Crippen LogP contribution in [-0.4, -0.2) is 43.6 Å². The van der Waals surface area contributed by atoms with E-state index in [2.05, 4.69) is 0 Å². The first-order chi connectivity index (χ1) is 9.47. The van der Waals surface area contributed by atoms with Crippen molar-refractivity contribution in [3.63, 3.8) is 0 Å². The summed E-state index contributed by atoms with van der Waals surface area (Å²) in [6.07, 6.45) is 0.226. The Kier molecular flexibility index (Phi) is 6.52. The van der Waals surface area contributed by atoms with E-state index in [-0.39, 0.29) is 12.3 Å². The third-order valence-corrected chi connectivity index (χ3v) is 2.71. The summed E-state index contributed by atoms with van der Waals surface area (Å²) < 4.78 is 5.61. The zero-order chi connectivity index (χ0) is 15.0. The van der Waals surface area contributed by atoms with Crippen molar-refractivity contribution >= 4 is 11.9 Å². The van der Waals surface area contributed by atoms with Crippen molar-refractivity contribution < 1.29 is 14.3 Å². The Morgan fingerprint density at radius 3 is 2.75 bits per heavy atom. The molecule has 3 amide bonds. The second-order valence-electron chi connectivity index (χ2n) is 4.63. The highest BCUT2D eigenvalue weighted by Gasteiger charge is 2.06. The lowest BCUT2D eigenvalue weighted by Gasteiger charge is -2.16. The summed E-state index contributed by atoms with van der Waals surface area (Å²) in [5.41, 5.74) is 6.00. The van der Waals surface area contributed by atoms with E-state index in [4.69, 9.17) is 10.5 Å². The van der Waals surface area contributed by atoms with Gasteiger partial charge < -0.3 is 15.4 Å². The van der Waals surface area contributed by atoms with E-state index in [0.29, 0.717) is 19.7 Å². The molecule has 0 unspecified atom stereocenters. The molecule has 1 aromatic rings. The first-order valence-corrected chi connectivity index (χ1v) is 6.44. The number of nitrogens with two attached hydrogens (primary N) is 1. The maximum absolute atomic E-state index is 11.2. The third-order valence-electron chi connectivity index (χ3n) is 2.71. The first-order valence-electron chi connectivity index (χ1n) is 6.44. The molecule has 1 rings (SSSR count). The van der Waals surface area contributed by atoms with Crippen LogP contribution in [0.15, 0.2) is 24.3 Å². The van der Waals surface area contributed by atoms with Gasteiger partial charge in [0.15, 0.2) is 0 Å². The van der Waals surface area contributed by atoms with Crippen molar-refractivity contribution in [1.82, 2.24) is 10.2 Å². The molecule has 3 N–H and O–H groups in total. The van der Waals surface area contributed by atoms with E-state index in [1.807, 2.05) is 48.5 Å². The van der Waals surface area contributed by atoms with Crippen LogP contribution in [0.2, 0.25) is 0 Å². The number of hydrogen-bond acceptors (Lipinski definition) is 4. The average molecular weight is 279 g/mol. The number of amides is 3. The molecule has 0 saturated heterocycles. The number of nitrogens with zero attached hydrogens (tertiary/aromatic N) is 1. The number of benzene rings is 1. The number of carbonyl (C=O) groups is 2. The van der Waals surface area contributed by atoms with Crippen molar-refractivity contribution in [3.8, 4) is 5.75 Å². The molecule has 6 heteroatoms. The topological polar surface area (TPSA) is 84.7 Å². The van der Waals surface area contributed by atoms with Gasteiger partial charge in [-0.05, 0) is 31.7 Å². The molecule has 0 aliphatic rings. The molecule has 0 aromatic heterocycles. The van der Waals surface area contributed by atoms with Gasteiger partial charge in [-0.25, -0.2) is 4.79 Å². The maximum Gasteiger partial charge on any atom is 0.318 e. The van der Waals surface area contributed by atoms with E-state index < -0.39 is 6.03 Å². The summed E-state index contributed by atoms with van der Waals surface area (Å²) in [6.45, 7) is 3.78. The summed E-state index contributed by atoms with van der Waals surface area (Å²) in [4.78, 5) is 23.6. The van der Waals surface area contributed by atoms with Crippen LogP contribution in [0.3, 0.4) is 0 Å². The summed E-state index contributed by atoms with van der Waals surface area (Å²) in [5.74, 6) is 0.467. The number of carbonyl (C=O) groups excluding carboxylic acids is 2. The van der Waals surface area contributed by atoms with Gasteiger partial charge in [0.2, 0.25) is 5.91 Å². The molecule has 110 valence electrons. The van der Waals surface area contributed by atoms with Gasteiger partial charge in [0, 0.05) is 19.5 Å². The molecular weight excluding hydrogens is 258 g/mol. The van der Waals surface area contributed by atoms with Crippen LogP contribution in [0.5, 0.6) is 5.75 Å². The standard InChI is InChI=1S/C14H21N3O3/c1-11-4-3-5-12(10-11)20-9-8-17(2)7-6-13(18)16-14(15)19/h3-5,10H,6-9H2,1-2H3,(H3,15,16,18,19). The molecule has 0 saturated carbocycles. The van der Waals surface area contributed by atoms with Crippen LogP contribution in [0, 0.1) is 6.92 Å². The number of likely N-dealkylation sites (N-methyl/N-ethyl adjacent to an activating group) is 1. The molecule has 0 radical (unpaired) electrons. The molecule has 0 aliphatic carbocycles. The molecule has 0 heterocycles. The Hall–Kier alpha value is -2.08. The molecule has 0 fully saturated rings. The zero-order valence-corrected chi connectivity index (χ0v) is 11.9. The van der Waals surface area contributed by atoms with Gasteiger partial charge in [-0.3, -0.25) is 10.1 Å². The lowest BCUT2D eigenvalue weighted by atomic mass is 10.2. The lowest BCUT2D eigenvalue weighted by Crippen LogP contribution is -2.37. The van der Waals surface area contributed by atoms with Gasteiger partial charge in [0.1, 0.15) is 12.4 Å². The SMILES string of the molecule is Cc1cccc(OCCN(C)CCC(=O)NC(N)=O)c1. The fourth-order valence-corrected chi connectivity index (χ4v) is 1.63. The minimum absolute atomic E-state index is 0.226. The summed E-state index contributed by atoms with van der Waals surface area (Å²) in [5, 5.41) is 2.03. The predicted molar refractivity (Wildman–Crippen MR) is 76.5 cm³/mol. The van der Waals surface area contributed by atoms with E-state index in [0.717, 1.165) is 11.3 Å². The van der Waals surface area contributed by atoms with Gasteiger partial charge in [-0.2, -0.15) is 0 Å². The number of primary amides is 1. The number of imide groups is 1. The molecule has 0 spiro atoms. The van der Waals surface area contributed by atoms with Crippen LogP contribution >= 0.6 is 0 Å². The molecular formula is C14H21N3O3. The Morgan fingerprint density at radius 1 is 1.35 bits per heavy atom. The molecule has 6 nitrogen and oxygen atoms in total. The highest BCUT2D eigenvalue weighted by molar-refractivity contribution is 5.93. The highest BCUT2D eigenvalue weighted by atomic mass is 16.5. The minimum Gasteiger partial charge on any atom is -0.492 e. The zero-order valence-electron chi connectivity index (χ0n) is 11.9. The normalized spacial score (nSPS) is 10.3.